The van der Waals surface area contributed by atoms with Crippen LogP contribution in [0.4, 0.5) is 0 Å². The van der Waals surface area contributed by atoms with Crippen molar-refractivity contribution < 1.29 is 22.9 Å². The lowest BCUT2D eigenvalue weighted by atomic mass is 10.1. The molecule has 2 aromatic rings. The Morgan fingerprint density at radius 1 is 1.00 bits per heavy atom. The van der Waals surface area contributed by atoms with Gasteiger partial charge in [-0.2, -0.15) is 0 Å². The Bertz CT molecular complexity index is 787. The minimum Gasteiger partial charge on any atom is -0.508 e. The first-order valence-electron chi connectivity index (χ1n) is 8.77. The number of benzene rings is 2. The van der Waals surface area contributed by atoms with Crippen LogP contribution in [0.5, 0.6) is 11.5 Å². The first-order chi connectivity index (χ1) is 13.5. The van der Waals surface area contributed by atoms with Gasteiger partial charge in [0.15, 0.2) is 23.0 Å². The van der Waals surface area contributed by atoms with Gasteiger partial charge in [0.05, 0.1) is 13.1 Å². The number of carboxylic acid groups (broad SMARTS) is 1. The van der Waals surface area contributed by atoms with Gasteiger partial charge in [0.1, 0.15) is 17.8 Å². The van der Waals surface area contributed by atoms with E-state index in [-0.39, 0.29) is 18.8 Å². The SMILES string of the molecule is O=CCN(CCN(CC(=O)O)Cc1ccccc1O)Cc1ccccc1OI. The number of aldehydes is 1. The van der Waals surface area contributed by atoms with Gasteiger partial charge in [-0.15, -0.1) is 0 Å². The standard InChI is InChI=1S/C20H23IN2O5/c21-28-19-8-4-2-6-17(19)14-22(11-12-24)9-10-23(15-20(26)27)13-16-5-1-3-7-18(16)25/h1-8,12,25H,9-11,13-15H2,(H,26,27). The molecule has 7 nitrogen and oxygen atoms in total. The summed E-state index contributed by atoms with van der Waals surface area (Å²) in [5.41, 5.74) is 1.61. The molecule has 0 fully saturated rings. The number of aliphatic carboxylic acids is 1. The third kappa shape index (κ3) is 7.10. The second-order valence-corrected chi connectivity index (χ2v) is 6.76. The summed E-state index contributed by atoms with van der Waals surface area (Å²) in [5, 5.41) is 19.2. The van der Waals surface area contributed by atoms with Gasteiger partial charge in [-0.3, -0.25) is 14.6 Å². The fourth-order valence-corrected chi connectivity index (χ4v) is 3.29. The van der Waals surface area contributed by atoms with E-state index < -0.39 is 5.97 Å². The van der Waals surface area contributed by atoms with Crippen LogP contribution >= 0.6 is 23.0 Å². The zero-order chi connectivity index (χ0) is 20.4. The van der Waals surface area contributed by atoms with Crippen LogP contribution in [0.25, 0.3) is 0 Å². The molecule has 0 heterocycles. The predicted molar refractivity (Wildman–Crippen MR) is 113 cm³/mol. The number of hydrogen-bond acceptors (Lipinski definition) is 6. The Labute approximate surface area is 178 Å². The number of carboxylic acids is 1. The molecule has 0 aliphatic heterocycles. The van der Waals surface area contributed by atoms with Gasteiger partial charge in [0, 0.05) is 37.3 Å². The molecule has 150 valence electrons. The van der Waals surface area contributed by atoms with Crippen molar-refractivity contribution in [2.45, 2.75) is 13.1 Å². The first kappa shape index (κ1) is 22.1. The fourth-order valence-electron chi connectivity index (χ4n) is 2.86. The maximum Gasteiger partial charge on any atom is 0.317 e. The summed E-state index contributed by atoms with van der Waals surface area (Å²) in [6.45, 7) is 1.82. The quantitative estimate of drug-likeness (QED) is 0.344. The number of phenols is 1. The topological polar surface area (TPSA) is 90.3 Å². The molecule has 2 aromatic carbocycles. The lowest BCUT2D eigenvalue weighted by Crippen LogP contribution is -2.38. The summed E-state index contributed by atoms with van der Waals surface area (Å²) in [6, 6.07) is 14.4. The molecule has 0 aliphatic rings. The van der Waals surface area contributed by atoms with Crippen molar-refractivity contribution in [1.82, 2.24) is 9.80 Å². The van der Waals surface area contributed by atoms with E-state index in [0.29, 0.717) is 31.7 Å². The van der Waals surface area contributed by atoms with Crippen molar-refractivity contribution in [3.8, 4) is 11.5 Å². The average Bonchev–Trinajstić information content (AvgIpc) is 2.68. The molecule has 0 atom stereocenters. The highest BCUT2D eigenvalue weighted by molar-refractivity contribution is 14.1. The third-order valence-corrected chi connectivity index (χ3v) is 4.73. The molecule has 0 bridgehead atoms. The highest BCUT2D eigenvalue weighted by Crippen LogP contribution is 2.22. The van der Waals surface area contributed by atoms with Crippen molar-refractivity contribution in [2.75, 3.05) is 26.2 Å². The van der Waals surface area contributed by atoms with E-state index >= 15 is 0 Å². The largest absolute Gasteiger partial charge is 0.508 e. The lowest BCUT2D eigenvalue weighted by molar-refractivity contribution is -0.138. The zero-order valence-electron chi connectivity index (χ0n) is 15.3. The molecule has 0 unspecified atom stereocenters. The van der Waals surface area contributed by atoms with Gasteiger partial charge in [-0.1, -0.05) is 36.4 Å². The molecule has 2 rings (SSSR count). The van der Waals surface area contributed by atoms with Crippen molar-refractivity contribution in [3.63, 3.8) is 0 Å². The van der Waals surface area contributed by atoms with E-state index in [4.69, 9.17) is 3.07 Å². The summed E-state index contributed by atoms with van der Waals surface area (Å²) in [6.07, 6.45) is 0.831. The molecule has 0 saturated carbocycles. The number of para-hydroxylation sites is 2. The van der Waals surface area contributed by atoms with Gasteiger partial charge < -0.3 is 18.1 Å². The van der Waals surface area contributed by atoms with Gasteiger partial charge in [-0.05, 0) is 12.1 Å². The molecular formula is C20H23IN2O5. The van der Waals surface area contributed by atoms with E-state index in [2.05, 4.69) is 0 Å². The van der Waals surface area contributed by atoms with Crippen LogP contribution in [-0.2, 0) is 22.7 Å². The molecule has 2 N–H and O–H groups in total. The van der Waals surface area contributed by atoms with E-state index in [9.17, 15) is 19.8 Å². The number of aromatic hydroxyl groups is 1. The van der Waals surface area contributed by atoms with Crippen molar-refractivity contribution in [1.29, 1.82) is 0 Å². The average molecular weight is 498 g/mol. The summed E-state index contributed by atoms with van der Waals surface area (Å²) in [5.74, 6) is -0.0765. The molecule has 0 aliphatic carbocycles. The van der Waals surface area contributed by atoms with Crippen molar-refractivity contribution in [3.05, 3.63) is 59.7 Å². The molecule has 0 spiro atoms. The minimum absolute atomic E-state index is 0.135. The highest BCUT2D eigenvalue weighted by atomic mass is 127. The summed E-state index contributed by atoms with van der Waals surface area (Å²) in [7, 11) is 0. The first-order valence-corrected chi connectivity index (χ1v) is 9.65. The van der Waals surface area contributed by atoms with Crippen LogP contribution in [0, 0.1) is 0 Å². The van der Waals surface area contributed by atoms with Gasteiger partial charge in [-0.25, -0.2) is 0 Å². The maximum absolute atomic E-state index is 11.2. The Morgan fingerprint density at radius 3 is 2.25 bits per heavy atom. The fraction of sp³-hybridized carbons (Fsp3) is 0.300. The molecule has 0 amide bonds. The normalized spacial score (nSPS) is 11.0. The van der Waals surface area contributed by atoms with Crippen LogP contribution in [-0.4, -0.2) is 58.4 Å². The van der Waals surface area contributed by atoms with Crippen LogP contribution in [0.1, 0.15) is 11.1 Å². The molecule has 0 radical (unpaired) electrons. The molecule has 8 heteroatoms. The second-order valence-electron chi connectivity index (χ2n) is 6.32. The maximum atomic E-state index is 11.2. The van der Waals surface area contributed by atoms with Crippen LogP contribution in [0.15, 0.2) is 48.5 Å². The number of hydrogen-bond donors (Lipinski definition) is 2. The number of rotatable bonds is 12. The number of nitrogens with zero attached hydrogens (tertiary/aromatic N) is 2. The minimum atomic E-state index is -0.944. The molecular weight excluding hydrogens is 475 g/mol. The molecule has 28 heavy (non-hydrogen) atoms. The zero-order valence-corrected chi connectivity index (χ0v) is 17.5. The highest BCUT2D eigenvalue weighted by Gasteiger charge is 2.15. The van der Waals surface area contributed by atoms with Crippen LogP contribution in [0.2, 0.25) is 0 Å². The Hall–Kier alpha value is -2.17. The van der Waals surface area contributed by atoms with Crippen LogP contribution in [0.3, 0.4) is 0 Å². The van der Waals surface area contributed by atoms with Crippen LogP contribution < -0.4 is 3.07 Å². The number of halogens is 1. The monoisotopic (exact) mass is 498 g/mol. The van der Waals surface area contributed by atoms with Crippen molar-refractivity contribution >= 4 is 35.3 Å². The predicted octanol–water partition coefficient (Wildman–Crippen LogP) is 2.71. The van der Waals surface area contributed by atoms with E-state index in [1.165, 1.54) is 0 Å². The Morgan fingerprint density at radius 2 is 1.61 bits per heavy atom. The van der Waals surface area contributed by atoms with E-state index in [1.54, 1.807) is 29.2 Å². The number of carbonyl (C=O) groups excluding carboxylic acids is 1. The van der Waals surface area contributed by atoms with Gasteiger partial charge >= 0.3 is 5.97 Å². The number of phenolic OH excluding ortho intramolecular Hbond substituents is 1. The van der Waals surface area contributed by atoms with E-state index in [0.717, 1.165) is 17.6 Å². The smallest absolute Gasteiger partial charge is 0.317 e. The molecule has 0 saturated heterocycles. The summed E-state index contributed by atoms with van der Waals surface area (Å²) >= 11 is 1.82. The summed E-state index contributed by atoms with van der Waals surface area (Å²) in [4.78, 5) is 26.0. The lowest BCUT2D eigenvalue weighted by Gasteiger charge is -2.26. The van der Waals surface area contributed by atoms with Crippen molar-refractivity contribution in [2.24, 2.45) is 0 Å². The van der Waals surface area contributed by atoms with E-state index in [1.807, 2.05) is 52.2 Å². The van der Waals surface area contributed by atoms with Gasteiger partial charge in [0.2, 0.25) is 0 Å². The van der Waals surface area contributed by atoms with Gasteiger partial charge in [0.25, 0.3) is 0 Å². The molecule has 0 aromatic heterocycles. The summed E-state index contributed by atoms with van der Waals surface area (Å²) < 4.78 is 5.33. The second kappa shape index (κ2) is 11.6. The Kier molecular flexibility index (Phi) is 9.18. The Balaban J connectivity index is 2.05. The third-order valence-electron chi connectivity index (χ3n) is 4.26. The number of carbonyl (C=O) groups is 2.